The molecule has 2 heterocycles. The fourth-order valence-electron chi connectivity index (χ4n) is 2.39. The van der Waals surface area contributed by atoms with Crippen LogP contribution in [0.2, 0.25) is 0 Å². The molecule has 27 heavy (non-hydrogen) atoms. The standard InChI is InChI=1S/C19H18FN5OS/c1-3-10-22-18(26)13(2)27-19-24-23-17(14-8-11-21-12-9-14)25(19)16-6-4-15(20)5-7-16/h3-9,11-13H,1,10H2,2H3,(H,22,26). The van der Waals surface area contributed by atoms with E-state index in [0.29, 0.717) is 23.2 Å². The van der Waals surface area contributed by atoms with Crippen molar-refractivity contribution in [1.82, 2.24) is 25.1 Å². The minimum Gasteiger partial charge on any atom is -0.352 e. The lowest BCUT2D eigenvalue weighted by Gasteiger charge is -2.13. The number of benzene rings is 1. The zero-order chi connectivity index (χ0) is 19.2. The number of pyridine rings is 1. The van der Waals surface area contributed by atoms with E-state index in [4.69, 9.17) is 0 Å². The highest BCUT2D eigenvalue weighted by Gasteiger charge is 2.21. The Morgan fingerprint density at radius 1 is 1.26 bits per heavy atom. The lowest BCUT2D eigenvalue weighted by Crippen LogP contribution is -2.31. The van der Waals surface area contributed by atoms with Crippen molar-refractivity contribution in [3.8, 4) is 17.1 Å². The number of nitrogens with one attached hydrogen (secondary N) is 1. The van der Waals surface area contributed by atoms with Crippen molar-refractivity contribution in [2.45, 2.75) is 17.3 Å². The molecular weight excluding hydrogens is 365 g/mol. The fraction of sp³-hybridized carbons (Fsp3) is 0.158. The first kappa shape index (κ1) is 18.8. The Morgan fingerprint density at radius 2 is 1.96 bits per heavy atom. The van der Waals surface area contributed by atoms with Gasteiger partial charge in [0.05, 0.1) is 5.25 Å². The Morgan fingerprint density at radius 3 is 2.63 bits per heavy atom. The van der Waals surface area contributed by atoms with Crippen LogP contribution < -0.4 is 5.32 Å². The summed E-state index contributed by atoms with van der Waals surface area (Å²) >= 11 is 1.28. The Bertz CT molecular complexity index is 927. The first-order valence-electron chi connectivity index (χ1n) is 8.27. The van der Waals surface area contributed by atoms with Gasteiger partial charge in [0.15, 0.2) is 11.0 Å². The normalized spacial score (nSPS) is 11.8. The first-order valence-corrected chi connectivity index (χ1v) is 9.15. The van der Waals surface area contributed by atoms with Gasteiger partial charge in [-0.2, -0.15) is 0 Å². The summed E-state index contributed by atoms with van der Waals surface area (Å²) < 4.78 is 15.2. The molecule has 3 rings (SSSR count). The van der Waals surface area contributed by atoms with Gasteiger partial charge in [0.25, 0.3) is 0 Å². The van der Waals surface area contributed by atoms with Gasteiger partial charge in [0, 0.05) is 30.2 Å². The van der Waals surface area contributed by atoms with Crippen molar-refractivity contribution in [3.63, 3.8) is 0 Å². The van der Waals surface area contributed by atoms with Crippen LogP contribution in [0.15, 0.2) is 66.6 Å². The number of rotatable bonds is 7. The van der Waals surface area contributed by atoms with Crippen molar-refractivity contribution in [3.05, 3.63) is 67.3 Å². The second kappa shape index (κ2) is 8.59. The maximum Gasteiger partial charge on any atom is 0.233 e. The van der Waals surface area contributed by atoms with Crippen LogP contribution in [-0.4, -0.2) is 37.5 Å². The van der Waals surface area contributed by atoms with Crippen molar-refractivity contribution in [1.29, 1.82) is 0 Å². The largest absolute Gasteiger partial charge is 0.352 e. The second-order valence-electron chi connectivity index (χ2n) is 5.65. The molecule has 0 bridgehead atoms. The zero-order valence-corrected chi connectivity index (χ0v) is 15.5. The van der Waals surface area contributed by atoms with Gasteiger partial charge in [0.2, 0.25) is 5.91 Å². The van der Waals surface area contributed by atoms with Crippen LogP contribution in [0.3, 0.4) is 0 Å². The summed E-state index contributed by atoms with van der Waals surface area (Å²) in [4.78, 5) is 16.2. The summed E-state index contributed by atoms with van der Waals surface area (Å²) in [6.07, 6.45) is 4.95. The number of thioether (sulfide) groups is 1. The van der Waals surface area contributed by atoms with Gasteiger partial charge in [-0.25, -0.2) is 4.39 Å². The molecule has 1 atom stereocenters. The number of carbonyl (C=O) groups excluding carboxylic acids is 1. The molecule has 1 unspecified atom stereocenters. The van der Waals surface area contributed by atoms with Crippen LogP contribution in [0, 0.1) is 5.82 Å². The zero-order valence-electron chi connectivity index (χ0n) is 14.7. The molecule has 1 amide bonds. The van der Waals surface area contributed by atoms with Crippen LogP contribution in [0.5, 0.6) is 0 Å². The highest BCUT2D eigenvalue weighted by Crippen LogP contribution is 2.30. The lowest BCUT2D eigenvalue weighted by atomic mass is 10.2. The molecule has 0 aliphatic carbocycles. The van der Waals surface area contributed by atoms with Gasteiger partial charge in [-0.05, 0) is 43.3 Å². The molecule has 0 fully saturated rings. The van der Waals surface area contributed by atoms with Crippen molar-refractivity contribution >= 4 is 17.7 Å². The lowest BCUT2D eigenvalue weighted by molar-refractivity contribution is -0.120. The van der Waals surface area contributed by atoms with E-state index in [9.17, 15) is 9.18 Å². The number of halogens is 1. The van der Waals surface area contributed by atoms with Crippen LogP contribution >= 0.6 is 11.8 Å². The van der Waals surface area contributed by atoms with E-state index in [2.05, 4.69) is 27.1 Å². The van der Waals surface area contributed by atoms with Gasteiger partial charge in [0.1, 0.15) is 5.82 Å². The predicted molar refractivity (Wildman–Crippen MR) is 103 cm³/mol. The maximum absolute atomic E-state index is 13.4. The molecular formula is C19H18FN5OS. The van der Waals surface area contributed by atoms with Gasteiger partial charge >= 0.3 is 0 Å². The highest BCUT2D eigenvalue weighted by atomic mass is 32.2. The van der Waals surface area contributed by atoms with Crippen molar-refractivity contribution in [2.75, 3.05) is 6.54 Å². The number of carbonyl (C=O) groups is 1. The Labute approximate surface area is 160 Å². The predicted octanol–water partition coefficient (Wildman–Crippen LogP) is 3.25. The topological polar surface area (TPSA) is 72.7 Å². The number of nitrogens with zero attached hydrogens (tertiary/aromatic N) is 4. The smallest absolute Gasteiger partial charge is 0.233 e. The molecule has 3 aromatic rings. The summed E-state index contributed by atoms with van der Waals surface area (Å²) in [6.45, 7) is 5.78. The summed E-state index contributed by atoms with van der Waals surface area (Å²) in [5.41, 5.74) is 1.52. The highest BCUT2D eigenvalue weighted by molar-refractivity contribution is 8.00. The van der Waals surface area contributed by atoms with E-state index in [1.165, 1.54) is 23.9 Å². The molecule has 0 radical (unpaired) electrons. The molecule has 0 saturated heterocycles. The van der Waals surface area contributed by atoms with Crippen LogP contribution in [0.25, 0.3) is 17.1 Å². The Kier molecular flexibility index (Phi) is 5.97. The average Bonchev–Trinajstić information content (AvgIpc) is 3.10. The summed E-state index contributed by atoms with van der Waals surface area (Å²) in [5, 5.41) is 11.4. The van der Waals surface area contributed by atoms with E-state index in [1.807, 2.05) is 12.1 Å². The summed E-state index contributed by atoms with van der Waals surface area (Å²) in [6, 6.07) is 9.68. The summed E-state index contributed by atoms with van der Waals surface area (Å²) in [7, 11) is 0. The van der Waals surface area contributed by atoms with Gasteiger partial charge < -0.3 is 5.32 Å². The molecule has 0 saturated carbocycles. The van der Waals surface area contributed by atoms with Crippen LogP contribution in [-0.2, 0) is 4.79 Å². The first-order chi connectivity index (χ1) is 13.1. The molecule has 2 aromatic heterocycles. The number of hydrogen-bond acceptors (Lipinski definition) is 5. The third-order valence-corrected chi connectivity index (χ3v) is 4.77. The fourth-order valence-corrected chi connectivity index (χ4v) is 3.28. The van der Waals surface area contributed by atoms with Crippen LogP contribution in [0.4, 0.5) is 4.39 Å². The molecule has 138 valence electrons. The van der Waals surface area contributed by atoms with Gasteiger partial charge in [-0.15, -0.1) is 16.8 Å². The Balaban J connectivity index is 1.99. The second-order valence-corrected chi connectivity index (χ2v) is 6.96. The quantitative estimate of drug-likeness (QED) is 0.501. The van der Waals surface area contributed by atoms with E-state index in [0.717, 1.165) is 5.56 Å². The van der Waals surface area contributed by atoms with E-state index < -0.39 is 5.25 Å². The van der Waals surface area contributed by atoms with E-state index >= 15 is 0 Å². The molecule has 8 heteroatoms. The molecule has 1 N–H and O–H groups in total. The molecule has 0 aliphatic rings. The molecule has 1 aromatic carbocycles. The molecule has 6 nitrogen and oxygen atoms in total. The number of hydrogen-bond donors (Lipinski definition) is 1. The molecule has 0 spiro atoms. The third kappa shape index (κ3) is 4.40. The minimum absolute atomic E-state index is 0.126. The Hall–Kier alpha value is -3.00. The number of aromatic nitrogens is 4. The van der Waals surface area contributed by atoms with E-state index in [-0.39, 0.29) is 11.7 Å². The minimum atomic E-state index is -0.390. The van der Waals surface area contributed by atoms with Gasteiger partial charge in [-0.3, -0.25) is 14.3 Å². The summed E-state index contributed by atoms with van der Waals surface area (Å²) in [5.74, 6) is 0.132. The van der Waals surface area contributed by atoms with Crippen molar-refractivity contribution in [2.24, 2.45) is 0 Å². The van der Waals surface area contributed by atoms with E-state index in [1.54, 1.807) is 42.1 Å². The monoisotopic (exact) mass is 383 g/mol. The average molecular weight is 383 g/mol. The van der Waals surface area contributed by atoms with Crippen LogP contribution in [0.1, 0.15) is 6.92 Å². The number of amides is 1. The molecule has 0 aliphatic heterocycles. The SMILES string of the molecule is C=CCNC(=O)C(C)Sc1nnc(-c2ccncc2)n1-c1ccc(F)cc1. The maximum atomic E-state index is 13.4. The van der Waals surface area contributed by atoms with Crippen molar-refractivity contribution < 1.29 is 9.18 Å². The third-order valence-electron chi connectivity index (χ3n) is 3.73. The van der Waals surface area contributed by atoms with Gasteiger partial charge in [-0.1, -0.05) is 17.8 Å².